The molecule has 1 saturated heterocycles. The third kappa shape index (κ3) is 7.14. The number of hydrogen-bond acceptors (Lipinski definition) is 6. The van der Waals surface area contributed by atoms with Crippen LogP contribution in [0.3, 0.4) is 0 Å². The van der Waals surface area contributed by atoms with Gasteiger partial charge < -0.3 is 9.57 Å². The first kappa shape index (κ1) is 26.5. The minimum Gasteiger partial charge on any atom is -0.444 e. The molecule has 0 aliphatic carbocycles. The van der Waals surface area contributed by atoms with Gasteiger partial charge in [0.2, 0.25) is 0 Å². The van der Waals surface area contributed by atoms with Gasteiger partial charge in [0, 0.05) is 23.6 Å². The van der Waals surface area contributed by atoms with Crippen molar-refractivity contribution in [3.63, 3.8) is 0 Å². The molecular formula is C20H23I3N2O6. The minimum absolute atomic E-state index is 0.0511. The number of benzene rings is 1. The smallest absolute Gasteiger partial charge is 0.412 e. The molecule has 1 heterocycles. The summed E-state index contributed by atoms with van der Waals surface area (Å²) in [5, 5.41) is 3.37. The van der Waals surface area contributed by atoms with E-state index in [0.29, 0.717) is 23.6 Å². The lowest BCUT2D eigenvalue weighted by Crippen LogP contribution is -2.35. The van der Waals surface area contributed by atoms with Crippen molar-refractivity contribution in [3.8, 4) is 0 Å². The van der Waals surface area contributed by atoms with E-state index in [4.69, 9.17) is 9.57 Å². The van der Waals surface area contributed by atoms with E-state index < -0.39 is 35.4 Å². The van der Waals surface area contributed by atoms with Gasteiger partial charge in [-0.1, -0.05) is 6.92 Å². The number of ether oxygens (including phenoxy) is 1. The van der Waals surface area contributed by atoms with Crippen LogP contribution >= 0.6 is 67.8 Å². The zero-order valence-electron chi connectivity index (χ0n) is 17.5. The molecule has 1 aliphatic heterocycles. The molecule has 1 unspecified atom stereocenters. The Hall–Kier alpha value is -0.710. The first-order chi connectivity index (χ1) is 14.3. The lowest BCUT2D eigenvalue weighted by atomic mass is 9.97. The Balaban J connectivity index is 2.24. The average Bonchev–Trinajstić information content (AvgIpc) is 2.95. The normalized spacial score (nSPS) is 15.1. The number of rotatable bonds is 6. The van der Waals surface area contributed by atoms with Crippen LogP contribution in [0.5, 0.6) is 0 Å². The summed E-state index contributed by atoms with van der Waals surface area (Å²) in [6.45, 7) is 7.20. The van der Waals surface area contributed by atoms with Crippen LogP contribution in [0, 0.1) is 16.6 Å². The maximum atomic E-state index is 12.7. The van der Waals surface area contributed by atoms with Crippen molar-refractivity contribution in [2.24, 2.45) is 5.92 Å². The number of hydroxylamine groups is 2. The van der Waals surface area contributed by atoms with Crippen LogP contribution in [0.4, 0.5) is 10.5 Å². The molecular weight excluding hydrogens is 745 g/mol. The van der Waals surface area contributed by atoms with E-state index >= 15 is 0 Å². The first-order valence-electron chi connectivity index (χ1n) is 9.58. The van der Waals surface area contributed by atoms with Crippen LogP contribution in [0.1, 0.15) is 52.5 Å². The van der Waals surface area contributed by atoms with Crippen molar-refractivity contribution < 1.29 is 28.8 Å². The Bertz CT molecular complexity index is 897. The molecule has 1 N–H and O–H groups in total. The number of amides is 3. The van der Waals surface area contributed by atoms with Crippen molar-refractivity contribution >= 4 is 97.3 Å². The fraction of sp³-hybridized carbons (Fsp3) is 0.500. The molecule has 11 heteroatoms. The Morgan fingerprint density at radius 3 is 2.23 bits per heavy atom. The third-order valence-corrected chi connectivity index (χ3v) is 7.36. The number of hydrogen-bond donors (Lipinski definition) is 1. The van der Waals surface area contributed by atoms with E-state index in [9.17, 15) is 19.2 Å². The number of anilines is 1. The summed E-state index contributed by atoms with van der Waals surface area (Å²) >= 11 is 6.47. The van der Waals surface area contributed by atoms with Crippen LogP contribution in [0.25, 0.3) is 0 Å². The molecule has 0 aromatic heterocycles. The van der Waals surface area contributed by atoms with Crippen LogP contribution < -0.4 is 5.32 Å². The summed E-state index contributed by atoms with van der Waals surface area (Å²) in [6.07, 6.45) is 0.336. The molecule has 170 valence electrons. The average molecular weight is 768 g/mol. The van der Waals surface area contributed by atoms with E-state index in [1.165, 1.54) is 0 Å². The van der Waals surface area contributed by atoms with Crippen LogP contribution in [0.15, 0.2) is 6.07 Å². The van der Waals surface area contributed by atoms with Gasteiger partial charge in [-0.2, -0.15) is 0 Å². The molecule has 0 saturated carbocycles. The Kier molecular flexibility index (Phi) is 9.37. The largest absolute Gasteiger partial charge is 0.444 e. The molecule has 1 atom stereocenters. The topological polar surface area (TPSA) is 102 Å². The number of nitrogens with one attached hydrogen (secondary N) is 1. The van der Waals surface area contributed by atoms with Crippen molar-refractivity contribution in [1.82, 2.24) is 5.06 Å². The summed E-state index contributed by atoms with van der Waals surface area (Å²) in [7, 11) is 0. The maximum Gasteiger partial charge on any atom is 0.412 e. The van der Waals surface area contributed by atoms with E-state index in [0.717, 1.165) is 16.3 Å². The molecule has 1 aromatic carbocycles. The van der Waals surface area contributed by atoms with Gasteiger partial charge in [-0.25, -0.2) is 9.59 Å². The summed E-state index contributed by atoms with van der Waals surface area (Å²) in [5.74, 6) is -2.19. The summed E-state index contributed by atoms with van der Waals surface area (Å²) in [6, 6.07) is 1.91. The number of imide groups is 1. The van der Waals surface area contributed by atoms with Gasteiger partial charge >= 0.3 is 12.1 Å². The van der Waals surface area contributed by atoms with Crippen molar-refractivity contribution in [1.29, 1.82) is 0 Å². The van der Waals surface area contributed by atoms with E-state index in [2.05, 4.69) is 73.1 Å². The number of halogens is 3. The van der Waals surface area contributed by atoms with Crippen molar-refractivity contribution in [2.45, 2.75) is 59.0 Å². The molecule has 0 spiro atoms. The quantitative estimate of drug-likeness (QED) is 0.323. The molecule has 2 rings (SSSR count). The van der Waals surface area contributed by atoms with Gasteiger partial charge in [0.1, 0.15) is 5.60 Å². The minimum atomic E-state index is -0.630. The number of carbonyl (C=O) groups is 4. The molecule has 1 aromatic rings. The molecule has 0 bridgehead atoms. The van der Waals surface area contributed by atoms with Gasteiger partial charge in [-0.3, -0.25) is 14.9 Å². The monoisotopic (exact) mass is 768 g/mol. The van der Waals surface area contributed by atoms with Gasteiger partial charge in [0.15, 0.2) is 0 Å². The highest BCUT2D eigenvalue weighted by atomic mass is 127. The van der Waals surface area contributed by atoms with E-state index in [-0.39, 0.29) is 12.8 Å². The summed E-state index contributed by atoms with van der Waals surface area (Å²) in [4.78, 5) is 53.6. The standard InChI is InChI=1S/C20H23I3N2O6/c1-5-10(18(28)31-25-14(26)6-7-15(25)27)8-11-12(21)9-13(22)17(16(11)23)24-19(29)30-20(2,3)4/h9-10H,5-8H2,1-4H3,(H,24,29). The first-order valence-corrected chi connectivity index (χ1v) is 12.8. The highest BCUT2D eigenvalue weighted by Crippen LogP contribution is 2.34. The lowest BCUT2D eigenvalue weighted by molar-refractivity contribution is -0.200. The Morgan fingerprint density at radius 1 is 1.13 bits per heavy atom. The van der Waals surface area contributed by atoms with Gasteiger partial charge in [0.05, 0.1) is 11.6 Å². The van der Waals surface area contributed by atoms with Gasteiger partial charge in [-0.15, -0.1) is 5.06 Å². The van der Waals surface area contributed by atoms with Crippen molar-refractivity contribution in [3.05, 3.63) is 22.3 Å². The predicted octanol–water partition coefficient (Wildman–Crippen LogP) is 5.02. The van der Waals surface area contributed by atoms with Crippen molar-refractivity contribution in [2.75, 3.05) is 5.32 Å². The second-order valence-electron chi connectivity index (χ2n) is 7.94. The summed E-state index contributed by atoms with van der Waals surface area (Å²) in [5.41, 5.74) is 0.851. The SMILES string of the molecule is CCC(Cc1c(I)cc(I)c(NC(=O)OC(C)(C)C)c1I)C(=O)ON1C(=O)CCC1=O. The van der Waals surface area contributed by atoms with E-state index in [1.54, 1.807) is 20.8 Å². The second kappa shape index (κ2) is 10.9. The number of nitrogens with zero attached hydrogens (tertiary/aromatic N) is 1. The maximum absolute atomic E-state index is 12.7. The Labute approximate surface area is 221 Å². The Morgan fingerprint density at radius 2 is 1.71 bits per heavy atom. The van der Waals surface area contributed by atoms with Crippen LogP contribution in [-0.4, -0.2) is 34.5 Å². The third-order valence-electron chi connectivity index (χ3n) is 4.35. The second-order valence-corrected chi connectivity index (χ2v) is 11.3. The van der Waals surface area contributed by atoms with Crippen LogP contribution in [-0.2, 0) is 30.4 Å². The lowest BCUT2D eigenvalue weighted by Gasteiger charge is -2.22. The molecule has 1 aliphatic rings. The number of carbonyl (C=O) groups excluding carboxylic acids is 4. The fourth-order valence-corrected chi connectivity index (χ4v) is 6.88. The molecule has 1 fully saturated rings. The molecule has 31 heavy (non-hydrogen) atoms. The van der Waals surface area contributed by atoms with E-state index in [1.807, 2.05) is 13.0 Å². The molecule has 0 radical (unpaired) electrons. The highest BCUT2D eigenvalue weighted by molar-refractivity contribution is 14.1. The highest BCUT2D eigenvalue weighted by Gasteiger charge is 2.35. The van der Waals surface area contributed by atoms with Gasteiger partial charge in [-0.05, 0) is 113 Å². The molecule has 8 nitrogen and oxygen atoms in total. The van der Waals surface area contributed by atoms with Crippen LogP contribution in [0.2, 0.25) is 0 Å². The predicted molar refractivity (Wildman–Crippen MR) is 139 cm³/mol. The van der Waals surface area contributed by atoms with Gasteiger partial charge in [0.25, 0.3) is 11.8 Å². The zero-order valence-corrected chi connectivity index (χ0v) is 24.0. The zero-order chi connectivity index (χ0) is 23.5. The summed E-state index contributed by atoms with van der Waals surface area (Å²) < 4.78 is 7.91. The molecule has 3 amide bonds. The fourth-order valence-electron chi connectivity index (χ4n) is 2.80.